The van der Waals surface area contributed by atoms with Crippen LogP contribution in [0, 0.1) is 0 Å². The molecule has 0 atom stereocenters. The Hall–Kier alpha value is -2.27. The molecule has 0 aliphatic carbocycles. The van der Waals surface area contributed by atoms with Gasteiger partial charge in [-0.15, -0.1) is 12.4 Å². The molecule has 6 heteroatoms. The Morgan fingerprint density at radius 1 is 1.04 bits per heavy atom. The normalized spacial score (nSPS) is 14.0. The minimum atomic E-state index is 0. The van der Waals surface area contributed by atoms with Gasteiger partial charge in [0.2, 0.25) is 5.95 Å². The van der Waals surface area contributed by atoms with Gasteiger partial charge in [0, 0.05) is 18.5 Å². The Bertz CT molecular complexity index is 769. The van der Waals surface area contributed by atoms with E-state index in [1.165, 1.54) is 12.8 Å². The minimum Gasteiger partial charge on any atom is -0.467 e. The van der Waals surface area contributed by atoms with Crippen molar-refractivity contribution in [3.8, 4) is 0 Å². The maximum Gasteiger partial charge on any atom is 0.227 e. The fourth-order valence-electron chi connectivity index (χ4n) is 2.84. The molecule has 2 aromatic heterocycles. The highest BCUT2D eigenvalue weighted by Gasteiger charge is 2.17. The van der Waals surface area contributed by atoms with Crippen molar-refractivity contribution in [2.45, 2.75) is 19.4 Å². The molecule has 1 aliphatic heterocycles. The van der Waals surface area contributed by atoms with Crippen molar-refractivity contribution >= 4 is 35.1 Å². The van der Waals surface area contributed by atoms with E-state index in [0.29, 0.717) is 6.54 Å². The van der Waals surface area contributed by atoms with Gasteiger partial charge in [-0.2, -0.15) is 4.98 Å². The zero-order chi connectivity index (χ0) is 14.8. The molecular weight excluding hydrogens is 312 g/mol. The molecule has 0 bridgehead atoms. The number of hydrogen-bond donors (Lipinski definition) is 1. The highest BCUT2D eigenvalue weighted by molar-refractivity contribution is 5.90. The molecule has 1 N–H and O–H groups in total. The number of furan rings is 1. The highest BCUT2D eigenvalue weighted by Crippen LogP contribution is 2.25. The first-order valence-corrected chi connectivity index (χ1v) is 7.68. The Labute approximate surface area is 141 Å². The third-order valence-corrected chi connectivity index (χ3v) is 3.99. The minimum absolute atomic E-state index is 0. The number of rotatable bonds is 4. The summed E-state index contributed by atoms with van der Waals surface area (Å²) in [7, 11) is 0. The summed E-state index contributed by atoms with van der Waals surface area (Å²) in [6.07, 6.45) is 4.11. The molecule has 0 radical (unpaired) electrons. The van der Waals surface area contributed by atoms with Gasteiger partial charge in [0.15, 0.2) is 0 Å². The molecule has 1 aliphatic rings. The lowest BCUT2D eigenvalue weighted by Crippen LogP contribution is -2.21. The summed E-state index contributed by atoms with van der Waals surface area (Å²) in [5.41, 5.74) is 0.973. The summed E-state index contributed by atoms with van der Waals surface area (Å²) in [6, 6.07) is 12.0. The van der Waals surface area contributed by atoms with Gasteiger partial charge in [-0.1, -0.05) is 12.1 Å². The second-order valence-corrected chi connectivity index (χ2v) is 5.52. The van der Waals surface area contributed by atoms with Crippen LogP contribution in [0.15, 0.2) is 47.1 Å². The van der Waals surface area contributed by atoms with Gasteiger partial charge in [-0.3, -0.25) is 0 Å². The molecule has 0 amide bonds. The number of benzene rings is 1. The molecule has 3 heterocycles. The number of aromatic nitrogens is 2. The third kappa shape index (κ3) is 3.24. The zero-order valence-corrected chi connectivity index (χ0v) is 13.6. The lowest BCUT2D eigenvalue weighted by molar-refractivity contribution is 0.518. The maximum absolute atomic E-state index is 5.38. The number of hydrogen-bond acceptors (Lipinski definition) is 5. The van der Waals surface area contributed by atoms with Crippen LogP contribution in [-0.2, 0) is 6.54 Å². The quantitative estimate of drug-likeness (QED) is 0.787. The fourth-order valence-corrected chi connectivity index (χ4v) is 2.84. The van der Waals surface area contributed by atoms with E-state index in [2.05, 4.69) is 10.2 Å². The standard InChI is InChI=1S/C17H18N4O.ClH/c1-2-8-15-14(7-1)16(18-12-13-6-5-11-22-13)20-17(19-15)21-9-3-4-10-21;/h1-2,5-8,11H,3-4,9-10,12H2,(H,18,19,20);1H. The van der Waals surface area contributed by atoms with Crippen LogP contribution >= 0.6 is 12.4 Å². The number of anilines is 2. The third-order valence-electron chi connectivity index (χ3n) is 3.99. The van der Waals surface area contributed by atoms with Crippen molar-refractivity contribution in [1.82, 2.24) is 9.97 Å². The monoisotopic (exact) mass is 330 g/mol. The van der Waals surface area contributed by atoms with Crippen LogP contribution in [-0.4, -0.2) is 23.1 Å². The van der Waals surface area contributed by atoms with E-state index in [4.69, 9.17) is 14.4 Å². The molecule has 4 rings (SSSR count). The number of fused-ring (bicyclic) bond motifs is 1. The predicted octanol–water partition coefficient (Wildman–Crippen LogP) is 3.86. The van der Waals surface area contributed by atoms with Gasteiger partial charge in [-0.05, 0) is 37.1 Å². The first kappa shape index (κ1) is 15.6. The van der Waals surface area contributed by atoms with E-state index in [9.17, 15) is 0 Å². The number of nitrogens with one attached hydrogen (secondary N) is 1. The van der Waals surface area contributed by atoms with E-state index < -0.39 is 0 Å². The van der Waals surface area contributed by atoms with Gasteiger partial charge >= 0.3 is 0 Å². The lowest BCUT2D eigenvalue weighted by atomic mass is 10.2. The van der Waals surface area contributed by atoms with Crippen molar-refractivity contribution in [3.05, 3.63) is 48.4 Å². The molecule has 5 nitrogen and oxygen atoms in total. The maximum atomic E-state index is 5.38. The Balaban J connectivity index is 0.00000156. The van der Waals surface area contributed by atoms with Gasteiger partial charge in [0.1, 0.15) is 11.6 Å². The van der Waals surface area contributed by atoms with Gasteiger partial charge in [0.25, 0.3) is 0 Å². The van der Waals surface area contributed by atoms with Crippen LogP contribution in [0.25, 0.3) is 10.9 Å². The number of nitrogens with zero attached hydrogens (tertiary/aromatic N) is 3. The highest BCUT2D eigenvalue weighted by atomic mass is 35.5. The van der Waals surface area contributed by atoms with Gasteiger partial charge < -0.3 is 14.6 Å². The molecule has 23 heavy (non-hydrogen) atoms. The number of para-hydroxylation sites is 1. The molecular formula is C17H19ClN4O. The topological polar surface area (TPSA) is 54.2 Å². The Kier molecular flexibility index (Phi) is 4.67. The van der Waals surface area contributed by atoms with E-state index in [0.717, 1.165) is 41.5 Å². The first-order valence-electron chi connectivity index (χ1n) is 7.68. The Morgan fingerprint density at radius 3 is 2.65 bits per heavy atom. The molecule has 3 aromatic rings. The molecule has 0 spiro atoms. The molecule has 0 saturated carbocycles. The van der Waals surface area contributed by atoms with Crippen molar-refractivity contribution in [3.63, 3.8) is 0 Å². The molecule has 120 valence electrons. The molecule has 1 saturated heterocycles. The first-order chi connectivity index (χ1) is 10.9. The van der Waals surface area contributed by atoms with Gasteiger partial charge in [0.05, 0.1) is 18.3 Å². The summed E-state index contributed by atoms with van der Waals surface area (Å²) in [5, 5.41) is 4.42. The van der Waals surface area contributed by atoms with Crippen LogP contribution < -0.4 is 10.2 Å². The SMILES string of the molecule is Cl.c1coc(CNc2nc(N3CCCC3)nc3ccccc23)c1. The summed E-state index contributed by atoms with van der Waals surface area (Å²) in [6.45, 7) is 2.69. The van der Waals surface area contributed by atoms with Gasteiger partial charge in [-0.25, -0.2) is 4.98 Å². The summed E-state index contributed by atoms with van der Waals surface area (Å²) < 4.78 is 5.38. The lowest BCUT2D eigenvalue weighted by Gasteiger charge is -2.17. The van der Waals surface area contributed by atoms with E-state index in [-0.39, 0.29) is 12.4 Å². The van der Waals surface area contributed by atoms with E-state index in [1.807, 2.05) is 36.4 Å². The van der Waals surface area contributed by atoms with Crippen LogP contribution in [0.3, 0.4) is 0 Å². The number of halogens is 1. The van der Waals surface area contributed by atoms with E-state index >= 15 is 0 Å². The van der Waals surface area contributed by atoms with E-state index in [1.54, 1.807) is 6.26 Å². The largest absolute Gasteiger partial charge is 0.467 e. The Morgan fingerprint density at radius 2 is 1.87 bits per heavy atom. The van der Waals surface area contributed by atoms with Crippen molar-refractivity contribution in [2.75, 3.05) is 23.3 Å². The summed E-state index contributed by atoms with van der Waals surface area (Å²) in [5.74, 6) is 2.58. The van der Waals surface area contributed by atoms with Crippen molar-refractivity contribution < 1.29 is 4.42 Å². The second kappa shape index (κ2) is 6.87. The molecule has 0 unspecified atom stereocenters. The van der Waals surface area contributed by atoms with Crippen LogP contribution in [0.1, 0.15) is 18.6 Å². The smallest absolute Gasteiger partial charge is 0.227 e. The van der Waals surface area contributed by atoms with Crippen LogP contribution in [0.5, 0.6) is 0 Å². The average molecular weight is 331 g/mol. The van der Waals surface area contributed by atoms with Crippen LogP contribution in [0.2, 0.25) is 0 Å². The zero-order valence-electron chi connectivity index (χ0n) is 12.7. The molecule has 1 fully saturated rings. The summed E-state index contributed by atoms with van der Waals surface area (Å²) in [4.78, 5) is 11.7. The fraction of sp³-hybridized carbons (Fsp3) is 0.294. The second-order valence-electron chi connectivity index (χ2n) is 5.52. The van der Waals surface area contributed by atoms with Crippen molar-refractivity contribution in [1.29, 1.82) is 0 Å². The summed E-state index contributed by atoms with van der Waals surface area (Å²) >= 11 is 0. The van der Waals surface area contributed by atoms with Crippen LogP contribution in [0.4, 0.5) is 11.8 Å². The average Bonchev–Trinajstić information content (AvgIpc) is 3.25. The van der Waals surface area contributed by atoms with Crippen molar-refractivity contribution in [2.24, 2.45) is 0 Å². The molecule has 1 aromatic carbocycles. The predicted molar refractivity (Wildman–Crippen MR) is 94.3 cm³/mol.